The van der Waals surface area contributed by atoms with Crippen LogP contribution < -0.4 is 0 Å². The number of nitrogens with zero attached hydrogens (tertiary/aromatic N) is 3. The highest BCUT2D eigenvalue weighted by Crippen LogP contribution is 2.15. The van der Waals surface area contributed by atoms with Crippen LogP contribution in [0.3, 0.4) is 0 Å². The van der Waals surface area contributed by atoms with Gasteiger partial charge in [-0.1, -0.05) is 18.2 Å². The van der Waals surface area contributed by atoms with Crippen LogP contribution in [-0.4, -0.2) is 32.6 Å². The zero-order valence-corrected chi connectivity index (χ0v) is 11.5. The molecular formula is C15H16N4O2. The molecule has 1 N–H and O–H groups in total. The number of carbonyl (C=O) groups is 1. The number of rotatable bonds is 6. The Labute approximate surface area is 121 Å². The SMILES string of the molecule is O=C(CCn1ccc2ccccc21)OCCc1cn[nH]n1. The second-order valence-electron chi connectivity index (χ2n) is 4.75. The molecule has 0 aliphatic heterocycles. The number of hydrogen-bond donors (Lipinski definition) is 1. The van der Waals surface area contributed by atoms with Gasteiger partial charge in [-0.2, -0.15) is 15.4 Å². The van der Waals surface area contributed by atoms with Crippen molar-refractivity contribution >= 4 is 16.9 Å². The topological polar surface area (TPSA) is 72.8 Å². The van der Waals surface area contributed by atoms with E-state index in [0.717, 1.165) is 11.2 Å². The van der Waals surface area contributed by atoms with E-state index in [0.29, 0.717) is 26.0 Å². The van der Waals surface area contributed by atoms with Gasteiger partial charge in [-0.3, -0.25) is 4.79 Å². The second-order valence-corrected chi connectivity index (χ2v) is 4.75. The first-order chi connectivity index (χ1) is 10.3. The Balaban J connectivity index is 1.47. The lowest BCUT2D eigenvalue weighted by Crippen LogP contribution is -2.11. The second kappa shape index (κ2) is 6.21. The molecule has 0 aliphatic carbocycles. The number of esters is 1. The molecule has 0 spiro atoms. The Morgan fingerprint density at radius 3 is 3.05 bits per heavy atom. The molecule has 0 fully saturated rings. The molecule has 0 saturated carbocycles. The van der Waals surface area contributed by atoms with Crippen LogP contribution >= 0.6 is 0 Å². The van der Waals surface area contributed by atoms with Gasteiger partial charge in [0.25, 0.3) is 0 Å². The summed E-state index contributed by atoms with van der Waals surface area (Å²) < 4.78 is 7.26. The fourth-order valence-electron chi connectivity index (χ4n) is 2.23. The third-order valence-electron chi connectivity index (χ3n) is 3.32. The van der Waals surface area contributed by atoms with E-state index in [2.05, 4.69) is 26.0 Å². The lowest BCUT2D eigenvalue weighted by Gasteiger charge is -2.06. The number of H-pyrrole nitrogens is 1. The normalized spacial score (nSPS) is 10.9. The Hall–Kier alpha value is -2.63. The molecule has 0 amide bonds. The molecule has 0 aliphatic rings. The van der Waals surface area contributed by atoms with E-state index < -0.39 is 0 Å². The summed E-state index contributed by atoms with van der Waals surface area (Å²) in [5.74, 6) is -0.198. The fourth-order valence-corrected chi connectivity index (χ4v) is 2.23. The molecule has 0 unspecified atom stereocenters. The van der Waals surface area contributed by atoms with E-state index in [9.17, 15) is 4.79 Å². The molecular weight excluding hydrogens is 268 g/mol. The molecule has 3 rings (SSSR count). The van der Waals surface area contributed by atoms with Crippen molar-refractivity contribution in [3.05, 3.63) is 48.4 Å². The minimum Gasteiger partial charge on any atom is -0.465 e. The van der Waals surface area contributed by atoms with E-state index in [1.807, 2.05) is 30.5 Å². The summed E-state index contributed by atoms with van der Waals surface area (Å²) in [4.78, 5) is 11.7. The number of aryl methyl sites for hydroxylation is 1. The quantitative estimate of drug-likeness (QED) is 0.702. The largest absolute Gasteiger partial charge is 0.465 e. The summed E-state index contributed by atoms with van der Waals surface area (Å²) in [5, 5.41) is 11.3. The minimum atomic E-state index is -0.198. The number of para-hydroxylation sites is 1. The molecule has 0 atom stereocenters. The van der Waals surface area contributed by atoms with Crippen molar-refractivity contribution in [2.24, 2.45) is 0 Å². The monoisotopic (exact) mass is 284 g/mol. The summed E-state index contributed by atoms with van der Waals surface area (Å²) in [6.45, 7) is 0.952. The Morgan fingerprint density at radius 1 is 1.29 bits per heavy atom. The first kappa shape index (κ1) is 13.4. The highest BCUT2D eigenvalue weighted by atomic mass is 16.5. The van der Waals surface area contributed by atoms with Crippen LogP contribution in [0.5, 0.6) is 0 Å². The van der Waals surface area contributed by atoms with Gasteiger partial charge in [0.2, 0.25) is 0 Å². The van der Waals surface area contributed by atoms with E-state index in [4.69, 9.17) is 4.74 Å². The summed E-state index contributed by atoms with van der Waals surface area (Å²) in [6.07, 6.45) is 4.55. The molecule has 2 aromatic heterocycles. The number of hydrogen-bond acceptors (Lipinski definition) is 4. The van der Waals surface area contributed by atoms with Crippen LogP contribution in [-0.2, 0) is 22.5 Å². The lowest BCUT2D eigenvalue weighted by molar-refractivity contribution is -0.143. The Kier molecular flexibility index (Phi) is 3.95. The van der Waals surface area contributed by atoms with Crippen molar-refractivity contribution in [3.8, 4) is 0 Å². The van der Waals surface area contributed by atoms with Gasteiger partial charge in [-0.25, -0.2) is 0 Å². The number of nitrogens with one attached hydrogen (secondary N) is 1. The van der Waals surface area contributed by atoms with Gasteiger partial charge in [0, 0.05) is 24.7 Å². The Bertz CT molecular complexity index is 718. The maximum atomic E-state index is 11.7. The third-order valence-corrected chi connectivity index (χ3v) is 3.32. The van der Waals surface area contributed by atoms with Gasteiger partial charge >= 0.3 is 5.97 Å². The average molecular weight is 284 g/mol. The number of ether oxygens (including phenoxy) is 1. The molecule has 21 heavy (non-hydrogen) atoms. The van der Waals surface area contributed by atoms with Crippen molar-refractivity contribution in [1.29, 1.82) is 0 Å². The van der Waals surface area contributed by atoms with Gasteiger partial charge in [-0.05, 0) is 17.5 Å². The molecule has 2 heterocycles. The van der Waals surface area contributed by atoms with E-state index in [1.165, 1.54) is 5.39 Å². The predicted octanol–water partition coefficient (Wildman–Crippen LogP) is 1.94. The van der Waals surface area contributed by atoms with Crippen molar-refractivity contribution in [2.45, 2.75) is 19.4 Å². The van der Waals surface area contributed by atoms with E-state index >= 15 is 0 Å². The molecule has 108 valence electrons. The number of aromatic amines is 1. The number of aromatic nitrogens is 4. The summed E-state index contributed by atoms with van der Waals surface area (Å²) in [5.41, 5.74) is 1.92. The van der Waals surface area contributed by atoms with Crippen LogP contribution in [0.2, 0.25) is 0 Å². The maximum Gasteiger partial charge on any atom is 0.307 e. The van der Waals surface area contributed by atoms with E-state index in [1.54, 1.807) is 6.20 Å². The summed E-state index contributed by atoms with van der Waals surface area (Å²) in [6, 6.07) is 10.2. The van der Waals surface area contributed by atoms with Crippen LogP contribution in [0.4, 0.5) is 0 Å². The smallest absolute Gasteiger partial charge is 0.307 e. The molecule has 3 aromatic rings. The maximum absolute atomic E-state index is 11.7. The predicted molar refractivity (Wildman–Crippen MR) is 77.6 cm³/mol. The van der Waals surface area contributed by atoms with Crippen LogP contribution in [0.1, 0.15) is 12.1 Å². The summed E-state index contributed by atoms with van der Waals surface area (Å²) in [7, 11) is 0. The number of benzene rings is 1. The molecule has 0 radical (unpaired) electrons. The van der Waals surface area contributed by atoms with Crippen molar-refractivity contribution in [3.63, 3.8) is 0 Å². The lowest BCUT2D eigenvalue weighted by atomic mass is 10.2. The molecule has 6 nitrogen and oxygen atoms in total. The zero-order chi connectivity index (χ0) is 14.5. The van der Waals surface area contributed by atoms with Gasteiger partial charge in [0.05, 0.1) is 24.9 Å². The number of fused-ring (bicyclic) bond motifs is 1. The van der Waals surface area contributed by atoms with Crippen molar-refractivity contribution < 1.29 is 9.53 Å². The number of carbonyl (C=O) groups excluding carboxylic acids is 1. The molecule has 0 saturated heterocycles. The first-order valence-corrected chi connectivity index (χ1v) is 6.87. The summed E-state index contributed by atoms with van der Waals surface area (Å²) >= 11 is 0. The molecule has 1 aromatic carbocycles. The van der Waals surface area contributed by atoms with Crippen molar-refractivity contribution in [2.75, 3.05) is 6.61 Å². The van der Waals surface area contributed by atoms with Crippen LogP contribution in [0.15, 0.2) is 42.7 Å². The highest BCUT2D eigenvalue weighted by Gasteiger charge is 2.06. The van der Waals surface area contributed by atoms with Gasteiger partial charge in [0.1, 0.15) is 0 Å². The average Bonchev–Trinajstić information content (AvgIpc) is 3.14. The van der Waals surface area contributed by atoms with Crippen molar-refractivity contribution in [1.82, 2.24) is 20.0 Å². The minimum absolute atomic E-state index is 0.198. The van der Waals surface area contributed by atoms with E-state index in [-0.39, 0.29) is 5.97 Å². The molecule has 0 bridgehead atoms. The molecule has 6 heteroatoms. The fraction of sp³-hybridized carbons (Fsp3) is 0.267. The van der Waals surface area contributed by atoms with Gasteiger partial charge < -0.3 is 9.30 Å². The third kappa shape index (κ3) is 3.28. The highest BCUT2D eigenvalue weighted by molar-refractivity contribution is 5.80. The van der Waals surface area contributed by atoms with Crippen LogP contribution in [0, 0.1) is 0 Å². The van der Waals surface area contributed by atoms with Gasteiger partial charge in [0.15, 0.2) is 0 Å². The Morgan fingerprint density at radius 2 is 2.19 bits per heavy atom. The van der Waals surface area contributed by atoms with Crippen LogP contribution in [0.25, 0.3) is 10.9 Å². The standard InChI is InChI=1S/C15H16N4O2/c20-15(21-10-7-13-11-16-18-17-13)6-9-19-8-5-12-3-1-2-4-14(12)19/h1-5,8,11H,6-7,9-10H2,(H,16,17,18). The zero-order valence-electron chi connectivity index (χ0n) is 11.5. The first-order valence-electron chi connectivity index (χ1n) is 6.87. The van der Waals surface area contributed by atoms with Gasteiger partial charge in [-0.15, -0.1) is 0 Å².